The first-order valence-corrected chi connectivity index (χ1v) is 6.82. The van der Waals surface area contributed by atoms with Crippen molar-refractivity contribution in [1.29, 1.82) is 0 Å². The second-order valence-corrected chi connectivity index (χ2v) is 4.85. The number of aliphatic hydroxyl groups is 1. The molecule has 0 aromatic rings. The van der Waals surface area contributed by atoms with Crippen molar-refractivity contribution in [2.24, 2.45) is 5.73 Å². The van der Waals surface area contributed by atoms with Crippen molar-refractivity contribution in [2.45, 2.75) is 69.9 Å². The molecule has 16 heavy (non-hydrogen) atoms. The Bertz CT molecular complexity index is 164. The monoisotopic (exact) mass is 229 g/mol. The summed E-state index contributed by atoms with van der Waals surface area (Å²) in [7, 11) is 0. The van der Waals surface area contributed by atoms with Crippen molar-refractivity contribution in [2.75, 3.05) is 13.2 Å². The predicted molar refractivity (Wildman–Crippen MR) is 66.4 cm³/mol. The van der Waals surface area contributed by atoms with Gasteiger partial charge in [0, 0.05) is 19.3 Å². The van der Waals surface area contributed by atoms with Crippen LogP contribution in [0.1, 0.15) is 57.8 Å². The molecule has 3 heteroatoms. The first kappa shape index (κ1) is 13.9. The summed E-state index contributed by atoms with van der Waals surface area (Å²) >= 11 is 0. The molecule has 0 heterocycles. The number of rotatable bonds is 7. The number of hydrogen-bond donors (Lipinski definition) is 2. The smallest absolute Gasteiger partial charge is 0.0725 e. The molecule has 1 fully saturated rings. The van der Waals surface area contributed by atoms with Crippen molar-refractivity contribution >= 4 is 0 Å². The Morgan fingerprint density at radius 3 is 2.56 bits per heavy atom. The highest BCUT2D eigenvalue weighted by atomic mass is 16.5. The van der Waals surface area contributed by atoms with Crippen LogP contribution in [0, 0.1) is 0 Å². The summed E-state index contributed by atoms with van der Waals surface area (Å²) < 4.78 is 5.87. The lowest BCUT2D eigenvalue weighted by Gasteiger charge is -2.21. The molecule has 0 amide bonds. The highest BCUT2D eigenvalue weighted by Gasteiger charge is 2.20. The number of unbranched alkanes of at least 4 members (excludes halogenated alkanes) is 3. The van der Waals surface area contributed by atoms with E-state index in [1.807, 2.05) is 0 Å². The van der Waals surface area contributed by atoms with Crippen LogP contribution in [-0.4, -0.2) is 30.5 Å². The molecule has 2 unspecified atom stereocenters. The molecular weight excluding hydrogens is 202 g/mol. The highest BCUT2D eigenvalue weighted by molar-refractivity contribution is 4.76. The molecule has 1 rings (SSSR count). The van der Waals surface area contributed by atoms with Crippen molar-refractivity contribution < 1.29 is 9.84 Å². The van der Waals surface area contributed by atoms with Gasteiger partial charge in [0.05, 0.1) is 6.10 Å². The van der Waals surface area contributed by atoms with Crippen LogP contribution in [0.4, 0.5) is 0 Å². The van der Waals surface area contributed by atoms with Crippen LogP contribution in [0.2, 0.25) is 0 Å². The van der Waals surface area contributed by atoms with Gasteiger partial charge in [-0.25, -0.2) is 0 Å². The largest absolute Gasteiger partial charge is 0.396 e. The lowest BCUT2D eigenvalue weighted by atomic mass is 10.1. The van der Waals surface area contributed by atoms with Gasteiger partial charge in [0.25, 0.3) is 0 Å². The second-order valence-electron chi connectivity index (χ2n) is 4.85. The summed E-state index contributed by atoms with van der Waals surface area (Å²) in [6, 6.07) is 0.250. The number of aliphatic hydroxyl groups excluding tert-OH is 1. The molecule has 3 nitrogen and oxygen atoms in total. The van der Waals surface area contributed by atoms with E-state index in [0.29, 0.717) is 12.7 Å². The fourth-order valence-electron chi connectivity index (χ4n) is 2.31. The average Bonchev–Trinajstić information content (AvgIpc) is 2.49. The third-order valence-electron chi connectivity index (χ3n) is 3.39. The Balaban J connectivity index is 2.01. The minimum absolute atomic E-state index is 0.250. The molecule has 0 aromatic carbocycles. The SMILES string of the molecule is NC1CCCCCC1OCCCCCCO. The van der Waals surface area contributed by atoms with Crippen molar-refractivity contribution in [3.8, 4) is 0 Å². The van der Waals surface area contributed by atoms with E-state index in [1.165, 1.54) is 19.3 Å². The van der Waals surface area contributed by atoms with E-state index in [9.17, 15) is 0 Å². The Morgan fingerprint density at radius 1 is 1.00 bits per heavy atom. The van der Waals surface area contributed by atoms with Gasteiger partial charge < -0.3 is 15.6 Å². The zero-order chi connectivity index (χ0) is 11.6. The van der Waals surface area contributed by atoms with Crippen LogP contribution in [0.3, 0.4) is 0 Å². The van der Waals surface area contributed by atoms with Crippen LogP contribution in [0.25, 0.3) is 0 Å². The molecule has 0 aromatic heterocycles. The third kappa shape index (κ3) is 5.83. The summed E-state index contributed by atoms with van der Waals surface area (Å²) in [5, 5.41) is 8.64. The zero-order valence-electron chi connectivity index (χ0n) is 10.4. The minimum atomic E-state index is 0.250. The molecular formula is C13H27NO2. The second kappa shape index (κ2) is 8.97. The highest BCUT2D eigenvalue weighted by Crippen LogP contribution is 2.19. The molecule has 0 bridgehead atoms. The lowest BCUT2D eigenvalue weighted by molar-refractivity contribution is 0.0289. The maximum Gasteiger partial charge on any atom is 0.0725 e. The lowest BCUT2D eigenvalue weighted by Crippen LogP contribution is -2.35. The zero-order valence-corrected chi connectivity index (χ0v) is 10.4. The van der Waals surface area contributed by atoms with Gasteiger partial charge in [-0.2, -0.15) is 0 Å². The molecule has 1 aliphatic rings. The predicted octanol–water partition coefficient (Wildman–Crippen LogP) is 2.22. The summed E-state index contributed by atoms with van der Waals surface area (Å²) in [5.74, 6) is 0. The number of nitrogens with two attached hydrogens (primary N) is 1. The molecule has 0 saturated heterocycles. The molecule has 96 valence electrons. The normalized spacial score (nSPS) is 26.6. The van der Waals surface area contributed by atoms with E-state index in [4.69, 9.17) is 15.6 Å². The van der Waals surface area contributed by atoms with Gasteiger partial charge in [-0.05, 0) is 25.7 Å². The van der Waals surface area contributed by atoms with E-state index in [1.54, 1.807) is 0 Å². The van der Waals surface area contributed by atoms with Crippen molar-refractivity contribution in [3.05, 3.63) is 0 Å². The van der Waals surface area contributed by atoms with Crippen LogP contribution < -0.4 is 5.73 Å². The fourth-order valence-corrected chi connectivity index (χ4v) is 2.31. The van der Waals surface area contributed by atoms with Gasteiger partial charge >= 0.3 is 0 Å². The van der Waals surface area contributed by atoms with Gasteiger partial charge in [0.1, 0.15) is 0 Å². The van der Waals surface area contributed by atoms with Crippen LogP contribution in [0.15, 0.2) is 0 Å². The first-order chi connectivity index (χ1) is 7.84. The summed E-state index contributed by atoms with van der Waals surface area (Å²) in [6.07, 6.45) is 10.7. The van der Waals surface area contributed by atoms with E-state index in [2.05, 4.69) is 0 Å². The van der Waals surface area contributed by atoms with Gasteiger partial charge in [-0.15, -0.1) is 0 Å². The Hall–Kier alpha value is -0.120. The molecule has 3 N–H and O–H groups in total. The standard InChI is InChI=1S/C13H27NO2/c14-12-8-4-3-5-9-13(12)16-11-7-2-1-6-10-15/h12-13,15H,1-11,14H2. The molecule has 0 aliphatic heterocycles. The molecule has 2 atom stereocenters. The van der Waals surface area contributed by atoms with Crippen molar-refractivity contribution in [1.82, 2.24) is 0 Å². The van der Waals surface area contributed by atoms with E-state index in [-0.39, 0.29) is 6.04 Å². The minimum Gasteiger partial charge on any atom is -0.396 e. The van der Waals surface area contributed by atoms with Crippen LogP contribution in [0.5, 0.6) is 0 Å². The van der Waals surface area contributed by atoms with Gasteiger partial charge in [0.2, 0.25) is 0 Å². The van der Waals surface area contributed by atoms with Crippen LogP contribution in [-0.2, 0) is 4.74 Å². The van der Waals surface area contributed by atoms with Gasteiger partial charge in [-0.3, -0.25) is 0 Å². The molecule has 1 aliphatic carbocycles. The third-order valence-corrected chi connectivity index (χ3v) is 3.39. The topological polar surface area (TPSA) is 55.5 Å². The molecule has 0 spiro atoms. The number of ether oxygens (including phenoxy) is 1. The Labute approximate surface area is 99.4 Å². The molecule has 0 radical (unpaired) electrons. The van der Waals surface area contributed by atoms with Gasteiger partial charge in [0.15, 0.2) is 0 Å². The first-order valence-electron chi connectivity index (χ1n) is 6.82. The Kier molecular flexibility index (Phi) is 7.81. The fraction of sp³-hybridized carbons (Fsp3) is 1.00. The van der Waals surface area contributed by atoms with Crippen molar-refractivity contribution in [3.63, 3.8) is 0 Å². The summed E-state index contributed by atoms with van der Waals surface area (Å²) in [4.78, 5) is 0. The maximum absolute atomic E-state index is 8.64. The summed E-state index contributed by atoms with van der Waals surface area (Å²) in [6.45, 7) is 1.15. The molecule has 1 saturated carbocycles. The van der Waals surface area contributed by atoms with E-state index in [0.717, 1.165) is 45.1 Å². The maximum atomic E-state index is 8.64. The van der Waals surface area contributed by atoms with Crippen LogP contribution >= 0.6 is 0 Å². The van der Waals surface area contributed by atoms with Gasteiger partial charge in [-0.1, -0.05) is 32.1 Å². The Morgan fingerprint density at radius 2 is 1.75 bits per heavy atom. The van der Waals surface area contributed by atoms with E-state index < -0.39 is 0 Å². The quantitative estimate of drug-likeness (QED) is 0.520. The number of hydrogen-bond acceptors (Lipinski definition) is 3. The summed E-state index contributed by atoms with van der Waals surface area (Å²) in [5.41, 5.74) is 6.08. The van der Waals surface area contributed by atoms with E-state index >= 15 is 0 Å². The average molecular weight is 229 g/mol.